The van der Waals surface area contributed by atoms with E-state index < -0.39 is 0 Å². The van der Waals surface area contributed by atoms with Crippen LogP contribution >= 0.6 is 0 Å². The van der Waals surface area contributed by atoms with Crippen LogP contribution in [0.4, 0.5) is 5.69 Å². The fourth-order valence-corrected chi connectivity index (χ4v) is 4.22. The Morgan fingerprint density at radius 1 is 1.21 bits per heavy atom. The number of piperidine rings is 1. The average Bonchev–Trinajstić information content (AvgIpc) is 3.25. The lowest BCUT2D eigenvalue weighted by atomic mass is 9.98. The molecule has 2 fully saturated rings. The van der Waals surface area contributed by atoms with Crippen LogP contribution in [-0.4, -0.2) is 41.6 Å². The van der Waals surface area contributed by atoms with Crippen molar-refractivity contribution >= 4 is 11.6 Å². The molecule has 1 aromatic heterocycles. The minimum atomic E-state index is -0.0990. The van der Waals surface area contributed by atoms with Gasteiger partial charge in [-0.1, -0.05) is 24.6 Å². The number of anilines is 1. The highest BCUT2D eigenvalue weighted by atomic mass is 16.5. The van der Waals surface area contributed by atoms with Crippen molar-refractivity contribution in [3.63, 3.8) is 0 Å². The molecule has 2 aliphatic heterocycles. The topological polar surface area (TPSA) is 54.5 Å². The molecule has 0 aliphatic carbocycles. The summed E-state index contributed by atoms with van der Waals surface area (Å²) in [5.74, 6) is 0.574. The van der Waals surface area contributed by atoms with Crippen LogP contribution in [0, 0.1) is 6.92 Å². The average molecular weight is 380 g/mol. The molecule has 1 N–H and O–H groups in total. The molecule has 0 bridgehead atoms. The lowest BCUT2D eigenvalue weighted by Crippen LogP contribution is -2.46. The Bertz CT molecular complexity index is 800. The molecular formula is C23H29N3O2. The summed E-state index contributed by atoms with van der Waals surface area (Å²) in [7, 11) is 0. The highest BCUT2D eigenvalue weighted by Crippen LogP contribution is 2.27. The van der Waals surface area contributed by atoms with Gasteiger partial charge in [0.25, 0.3) is 0 Å². The van der Waals surface area contributed by atoms with Gasteiger partial charge in [0, 0.05) is 31.0 Å². The Hall–Kier alpha value is -2.24. The number of nitrogens with one attached hydrogen (secondary N) is 1. The van der Waals surface area contributed by atoms with Crippen molar-refractivity contribution in [2.24, 2.45) is 0 Å². The fraction of sp³-hybridized carbons (Fsp3) is 0.478. The van der Waals surface area contributed by atoms with Crippen molar-refractivity contribution in [2.45, 2.75) is 51.1 Å². The van der Waals surface area contributed by atoms with Gasteiger partial charge in [0.2, 0.25) is 5.91 Å². The molecule has 2 aliphatic rings. The molecule has 2 atom stereocenters. The van der Waals surface area contributed by atoms with Crippen LogP contribution in [0.5, 0.6) is 0 Å². The zero-order valence-corrected chi connectivity index (χ0v) is 16.6. The van der Waals surface area contributed by atoms with Crippen LogP contribution in [0.25, 0.3) is 0 Å². The third kappa shape index (κ3) is 4.42. The largest absolute Gasteiger partial charge is 0.381 e. The highest BCUT2D eigenvalue weighted by Gasteiger charge is 2.29. The van der Waals surface area contributed by atoms with E-state index in [1.807, 2.05) is 24.4 Å². The SMILES string of the molecule is Cc1cccnc1CN1CCCC[C@@H]1C(=O)Nc1ccc(C2CCOC2)cc1. The first-order chi connectivity index (χ1) is 13.7. The molecule has 5 nitrogen and oxygen atoms in total. The Morgan fingerprint density at radius 3 is 2.82 bits per heavy atom. The molecule has 0 spiro atoms. The predicted octanol–water partition coefficient (Wildman–Crippen LogP) is 3.89. The summed E-state index contributed by atoms with van der Waals surface area (Å²) in [6.45, 7) is 5.39. The number of likely N-dealkylation sites (tertiary alicyclic amines) is 1. The Labute approximate surface area is 167 Å². The van der Waals surface area contributed by atoms with Crippen LogP contribution in [0.15, 0.2) is 42.6 Å². The van der Waals surface area contributed by atoms with Crippen LogP contribution in [-0.2, 0) is 16.1 Å². The molecule has 1 amide bonds. The minimum absolute atomic E-state index is 0.0882. The predicted molar refractivity (Wildman–Crippen MR) is 110 cm³/mol. The summed E-state index contributed by atoms with van der Waals surface area (Å²) in [5.41, 5.74) is 4.40. The molecule has 3 heterocycles. The number of nitrogens with zero attached hydrogens (tertiary/aromatic N) is 2. The quantitative estimate of drug-likeness (QED) is 0.856. The summed E-state index contributed by atoms with van der Waals surface area (Å²) in [6.07, 6.45) is 6.04. The number of aryl methyl sites for hydroxylation is 1. The fourth-order valence-electron chi connectivity index (χ4n) is 4.22. The van der Waals surface area contributed by atoms with Crippen molar-refractivity contribution in [1.29, 1.82) is 0 Å². The van der Waals surface area contributed by atoms with E-state index in [4.69, 9.17) is 4.74 Å². The third-order valence-electron chi connectivity index (χ3n) is 5.97. The number of pyridine rings is 1. The molecule has 0 saturated carbocycles. The van der Waals surface area contributed by atoms with Crippen LogP contribution in [0.2, 0.25) is 0 Å². The normalized spacial score (nSPS) is 22.9. The second-order valence-corrected chi connectivity index (χ2v) is 7.92. The molecule has 1 unspecified atom stereocenters. The van der Waals surface area contributed by atoms with Crippen molar-refractivity contribution in [1.82, 2.24) is 9.88 Å². The Kier molecular flexibility index (Phi) is 6.03. The van der Waals surface area contributed by atoms with Gasteiger partial charge in [0.15, 0.2) is 0 Å². The number of ether oxygens (including phenoxy) is 1. The highest BCUT2D eigenvalue weighted by molar-refractivity contribution is 5.94. The van der Waals surface area contributed by atoms with Crippen molar-refractivity contribution < 1.29 is 9.53 Å². The summed E-state index contributed by atoms with van der Waals surface area (Å²) in [4.78, 5) is 19.8. The van der Waals surface area contributed by atoms with Crippen LogP contribution in [0.1, 0.15) is 48.4 Å². The number of hydrogen-bond acceptors (Lipinski definition) is 4. The monoisotopic (exact) mass is 379 g/mol. The lowest BCUT2D eigenvalue weighted by molar-refractivity contribution is -0.122. The summed E-state index contributed by atoms with van der Waals surface area (Å²) in [6, 6.07) is 12.2. The number of aromatic nitrogens is 1. The van der Waals surface area contributed by atoms with Crippen molar-refractivity contribution in [3.8, 4) is 0 Å². The van der Waals surface area contributed by atoms with E-state index in [0.717, 1.165) is 63.4 Å². The number of hydrogen-bond donors (Lipinski definition) is 1. The number of carbonyl (C=O) groups excluding carboxylic acids is 1. The number of rotatable bonds is 5. The number of carbonyl (C=O) groups is 1. The zero-order valence-electron chi connectivity index (χ0n) is 16.6. The van der Waals surface area contributed by atoms with Gasteiger partial charge in [0.1, 0.15) is 0 Å². The molecule has 2 aromatic rings. The first-order valence-corrected chi connectivity index (χ1v) is 10.3. The van der Waals surface area contributed by atoms with Gasteiger partial charge in [0.05, 0.1) is 18.3 Å². The van der Waals surface area contributed by atoms with E-state index in [2.05, 4.69) is 40.3 Å². The van der Waals surface area contributed by atoms with E-state index in [1.54, 1.807) is 0 Å². The van der Waals surface area contributed by atoms with Gasteiger partial charge in [-0.15, -0.1) is 0 Å². The van der Waals surface area contributed by atoms with E-state index in [-0.39, 0.29) is 11.9 Å². The molecule has 5 heteroatoms. The molecule has 4 rings (SSSR count). The standard InChI is InChI=1S/C23H29N3O2/c1-17-5-4-12-24-21(17)15-26-13-3-2-6-22(26)23(27)25-20-9-7-18(8-10-20)19-11-14-28-16-19/h4-5,7-10,12,19,22H,2-3,6,11,13-16H2,1H3,(H,25,27)/t19?,22-/m1/s1. The zero-order chi connectivity index (χ0) is 19.3. The van der Waals surface area contributed by atoms with Gasteiger partial charge in [-0.05, 0) is 62.1 Å². The summed E-state index contributed by atoms with van der Waals surface area (Å²) in [5, 5.41) is 3.13. The van der Waals surface area contributed by atoms with Gasteiger partial charge in [-0.25, -0.2) is 0 Å². The van der Waals surface area contributed by atoms with Gasteiger partial charge in [-0.3, -0.25) is 14.7 Å². The second-order valence-electron chi connectivity index (χ2n) is 7.92. The van der Waals surface area contributed by atoms with E-state index in [0.29, 0.717) is 5.92 Å². The van der Waals surface area contributed by atoms with Crippen molar-refractivity contribution in [3.05, 3.63) is 59.4 Å². The number of amides is 1. The maximum Gasteiger partial charge on any atom is 0.241 e. The van der Waals surface area contributed by atoms with E-state index in [9.17, 15) is 4.79 Å². The van der Waals surface area contributed by atoms with Crippen LogP contribution < -0.4 is 5.32 Å². The molecule has 2 saturated heterocycles. The lowest BCUT2D eigenvalue weighted by Gasteiger charge is -2.34. The first kappa shape index (κ1) is 19.1. The smallest absolute Gasteiger partial charge is 0.241 e. The van der Waals surface area contributed by atoms with Gasteiger partial charge < -0.3 is 10.1 Å². The third-order valence-corrected chi connectivity index (χ3v) is 5.97. The molecule has 1 aromatic carbocycles. The molecular weight excluding hydrogens is 350 g/mol. The van der Waals surface area contributed by atoms with Crippen molar-refractivity contribution in [2.75, 3.05) is 25.1 Å². The summed E-state index contributed by atoms with van der Waals surface area (Å²) < 4.78 is 5.47. The molecule has 148 valence electrons. The second kappa shape index (κ2) is 8.84. The molecule has 28 heavy (non-hydrogen) atoms. The maximum absolute atomic E-state index is 13.0. The maximum atomic E-state index is 13.0. The van der Waals surface area contributed by atoms with E-state index >= 15 is 0 Å². The summed E-state index contributed by atoms with van der Waals surface area (Å²) >= 11 is 0. The van der Waals surface area contributed by atoms with Gasteiger partial charge in [-0.2, -0.15) is 0 Å². The minimum Gasteiger partial charge on any atom is -0.381 e. The van der Waals surface area contributed by atoms with Gasteiger partial charge >= 0.3 is 0 Å². The Morgan fingerprint density at radius 2 is 2.07 bits per heavy atom. The van der Waals surface area contributed by atoms with E-state index in [1.165, 1.54) is 11.1 Å². The first-order valence-electron chi connectivity index (χ1n) is 10.3. The van der Waals surface area contributed by atoms with Crippen LogP contribution in [0.3, 0.4) is 0 Å². The molecule has 0 radical (unpaired) electrons. The number of benzene rings is 1. The Balaban J connectivity index is 1.41.